The standard InChI is InChI=1S/C14H23N3O/c1-10-13(12-4-3-7-15-12)16-17(2)14(10)11-5-8-18-9-6-11/h11-12,15H,3-9H2,1-2H3. The summed E-state index contributed by atoms with van der Waals surface area (Å²) in [6, 6.07) is 0.477. The van der Waals surface area contributed by atoms with E-state index in [9.17, 15) is 0 Å². The molecule has 0 aromatic carbocycles. The maximum Gasteiger partial charge on any atom is 0.0825 e. The van der Waals surface area contributed by atoms with Crippen LogP contribution in [0.4, 0.5) is 0 Å². The van der Waals surface area contributed by atoms with Crippen LogP contribution in [0, 0.1) is 6.92 Å². The third kappa shape index (κ3) is 2.08. The maximum absolute atomic E-state index is 5.47. The van der Waals surface area contributed by atoms with Gasteiger partial charge in [-0.2, -0.15) is 5.10 Å². The van der Waals surface area contributed by atoms with Crippen LogP contribution < -0.4 is 5.32 Å². The van der Waals surface area contributed by atoms with Crippen LogP contribution in [-0.2, 0) is 11.8 Å². The largest absolute Gasteiger partial charge is 0.381 e. The molecular formula is C14H23N3O. The molecule has 100 valence electrons. The zero-order valence-corrected chi connectivity index (χ0v) is 11.4. The molecule has 0 spiro atoms. The summed E-state index contributed by atoms with van der Waals surface area (Å²) in [6.07, 6.45) is 4.77. The van der Waals surface area contributed by atoms with Crippen LogP contribution in [-0.4, -0.2) is 29.5 Å². The van der Waals surface area contributed by atoms with Gasteiger partial charge in [0, 0.05) is 31.9 Å². The quantitative estimate of drug-likeness (QED) is 0.872. The fourth-order valence-electron chi connectivity index (χ4n) is 3.45. The van der Waals surface area contributed by atoms with Gasteiger partial charge in [0.2, 0.25) is 0 Å². The number of aryl methyl sites for hydroxylation is 1. The summed E-state index contributed by atoms with van der Waals surface area (Å²) < 4.78 is 7.58. The van der Waals surface area contributed by atoms with Gasteiger partial charge in [0.25, 0.3) is 0 Å². The Morgan fingerprint density at radius 2 is 2.06 bits per heavy atom. The Balaban J connectivity index is 1.89. The van der Waals surface area contributed by atoms with E-state index < -0.39 is 0 Å². The summed E-state index contributed by atoms with van der Waals surface area (Å²) >= 11 is 0. The van der Waals surface area contributed by atoms with Crippen LogP contribution in [0.5, 0.6) is 0 Å². The summed E-state index contributed by atoms with van der Waals surface area (Å²) in [7, 11) is 2.09. The van der Waals surface area contributed by atoms with Crippen LogP contribution in [0.2, 0.25) is 0 Å². The lowest BCUT2D eigenvalue weighted by Crippen LogP contribution is -2.17. The van der Waals surface area contributed by atoms with Crippen LogP contribution >= 0.6 is 0 Å². The predicted molar refractivity (Wildman–Crippen MR) is 70.7 cm³/mol. The second-order valence-electron chi connectivity index (χ2n) is 5.55. The van der Waals surface area contributed by atoms with Crippen molar-refractivity contribution in [3.63, 3.8) is 0 Å². The van der Waals surface area contributed by atoms with E-state index in [1.807, 2.05) is 0 Å². The van der Waals surface area contributed by atoms with E-state index in [2.05, 4.69) is 24.0 Å². The number of nitrogens with zero attached hydrogens (tertiary/aromatic N) is 2. The molecule has 4 heteroatoms. The van der Waals surface area contributed by atoms with E-state index in [0.717, 1.165) is 32.6 Å². The van der Waals surface area contributed by atoms with E-state index in [4.69, 9.17) is 9.84 Å². The Labute approximate surface area is 109 Å². The van der Waals surface area contributed by atoms with Gasteiger partial charge >= 0.3 is 0 Å². The first-order chi connectivity index (χ1) is 8.77. The van der Waals surface area contributed by atoms with E-state index >= 15 is 0 Å². The van der Waals surface area contributed by atoms with Crippen molar-refractivity contribution >= 4 is 0 Å². The molecule has 1 N–H and O–H groups in total. The summed E-state index contributed by atoms with van der Waals surface area (Å²) in [5, 5.41) is 8.34. The molecule has 2 saturated heterocycles. The molecule has 2 aliphatic heterocycles. The number of hydrogen-bond donors (Lipinski definition) is 1. The van der Waals surface area contributed by atoms with Gasteiger partial charge in [0.05, 0.1) is 11.7 Å². The molecule has 0 aliphatic carbocycles. The minimum Gasteiger partial charge on any atom is -0.381 e. The summed E-state index contributed by atoms with van der Waals surface area (Å²) in [6.45, 7) is 5.17. The van der Waals surface area contributed by atoms with Crippen molar-refractivity contribution in [3.8, 4) is 0 Å². The molecule has 4 nitrogen and oxygen atoms in total. The lowest BCUT2D eigenvalue weighted by Gasteiger charge is -2.23. The second-order valence-corrected chi connectivity index (χ2v) is 5.55. The Morgan fingerprint density at radius 1 is 1.28 bits per heavy atom. The number of hydrogen-bond acceptors (Lipinski definition) is 3. The van der Waals surface area contributed by atoms with Crippen molar-refractivity contribution in [1.82, 2.24) is 15.1 Å². The van der Waals surface area contributed by atoms with Crippen molar-refractivity contribution < 1.29 is 4.74 Å². The lowest BCUT2D eigenvalue weighted by molar-refractivity contribution is 0.0836. The number of ether oxygens (including phenoxy) is 1. The smallest absolute Gasteiger partial charge is 0.0825 e. The molecular weight excluding hydrogens is 226 g/mol. The Morgan fingerprint density at radius 3 is 2.72 bits per heavy atom. The molecule has 2 aliphatic rings. The highest BCUT2D eigenvalue weighted by Crippen LogP contribution is 2.33. The normalized spacial score (nSPS) is 25.8. The van der Waals surface area contributed by atoms with Gasteiger partial charge in [-0.05, 0) is 44.7 Å². The number of nitrogens with one attached hydrogen (secondary N) is 1. The summed E-state index contributed by atoms with van der Waals surface area (Å²) in [5.41, 5.74) is 4.11. The lowest BCUT2D eigenvalue weighted by atomic mass is 9.92. The average Bonchev–Trinajstić information content (AvgIpc) is 2.99. The van der Waals surface area contributed by atoms with E-state index in [1.165, 1.54) is 29.8 Å². The molecule has 1 unspecified atom stereocenters. The van der Waals surface area contributed by atoms with Gasteiger partial charge in [0.1, 0.15) is 0 Å². The third-order valence-electron chi connectivity index (χ3n) is 4.37. The van der Waals surface area contributed by atoms with Gasteiger partial charge in [-0.15, -0.1) is 0 Å². The molecule has 3 heterocycles. The van der Waals surface area contributed by atoms with Crippen LogP contribution in [0.1, 0.15) is 54.6 Å². The number of aromatic nitrogens is 2. The highest BCUT2D eigenvalue weighted by molar-refractivity contribution is 5.30. The van der Waals surface area contributed by atoms with Gasteiger partial charge < -0.3 is 10.1 Å². The minimum atomic E-state index is 0.477. The van der Waals surface area contributed by atoms with Crippen molar-refractivity contribution in [2.75, 3.05) is 19.8 Å². The molecule has 0 radical (unpaired) electrons. The average molecular weight is 249 g/mol. The zero-order chi connectivity index (χ0) is 12.5. The predicted octanol–water partition coefficient (Wildman–Crippen LogP) is 2.05. The van der Waals surface area contributed by atoms with Crippen LogP contribution in [0.15, 0.2) is 0 Å². The van der Waals surface area contributed by atoms with Crippen molar-refractivity contribution in [3.05, 3.63) is 17.0 Å². The maximum atomic E-state index is 5.47. The van der Waals surface area contributed by atoms with Crippen molar-refractivity contribution in [2.24, 2.45) is 7.05 Å². The first kappa shape index (κ1) is 12.2. The molecule has 1 aromatic heterocycles. The van der Waals surface area contributed by atoms with Crippen LogP contribution in [0.3, 0.4) is 0 Å². The van der Waals surface area contributed by atoms with Gasteiger partial charge in [-0.1, -0.05) is 0 Å². The first-order valence-corrected chi connectivity index (χ1v) is 7.12. The highest BCUT2D eigenvalue weighted by Gasteiger charge is 2.27. The molecule has 18 heavy (non-hydrogen) atoms. The monoisotopic (exact) mass is 249 g/mol. The molecule has 3 rings (SSSR count). The Kier molecular flexibility index (Phi) is 3.39. The minimum absolute atomic E-state index is 0.477. The molecule has 0 amide bonds. The molecule has 0 saturated carbocycles. The SMILES string of the molecule is Cc1c(C2CCCN2)nn(C)c1C1CCOCC1. The molecule has 0 bridgehead atoms. The van der Waals surface area contributed by atoms with Gasteiger partial charge in [0.15, 0.2) is 0 Å². The zero-order valence-electron chi connectivity index (χ0n) is 11.4. The highest BCUT2D eigenvalue weighted by atomic mass is 16.5. The second kappa shape index (κ2) is 5.02. The molecule has 1 atom stereocenters. The molecule has 1 aromatic rings. The Bertz CT molecular complexity index is 415. The third-order valence-corrected chi connectivity index (χ3v) is 4.37. The number of rotatable bonds is 2. The topological polar surface area (TPSA) is 39.1 Å². The van der Waals surface area contributed by atoms with E-state index in [-0.39, 0.29) is 0 Å². The van der Waals surface area contributed by atoms with Crippen molar-refractivity contribution in [1.29, 1.82) is 0 Å². The van der Waals surface area contributed by atoms with Gasteiger partial charge in [-0.25, -0.2) is 0 Å². The van der Waals surface area contributed by atoms with E-state index in [0.29, 0.717) is 12.0 Å². The van der Waals surface area contributed by atoms with E-state index in [1.54, 1.807) is 0 Å². The van der Waals surface area contributed by atoms with Crippen LogP contribution in [0.25, 0.3) is 0 Å². The summed E-state index contributed by atoms with van der Waals surface area (Å²) in [4.78, 5) is 0. The summed E-state index contributed by atoms with van der Waals surface area (Å²) in [5.74, 6) is 0.631. The van der Waals surface area contributed by atoms with Crippen molar-refractivity contribution in [2.45, 2.75) is 44.6 Å². The first-order valence-electron chi connectivity index (χ1n) is 7.12. The fraction of sp³-hybridized carbons (Fsp3) is 0.786. The fourth-order valence-corrected chi connectivity index (χ4v) is 3.45. The van der Waals surface area contributed by atoms with Gasteiger partial charge in [-0.3, -0.25) is 4.68 Å². The molecule has 2 fully saturated rings. The Hall–Kier alpha value is -0.870.